The molecule has 8 heavy (non-hydrogen) atoms. The number of nitrogens with zero attached hydrogens (tertiary/aromatic N) is 1. The van der Waals surface area contributed by atoms with Crippen LogP contribution < -0.4 is 5.73 Å². The van der Waals surface area contributed by atoms with Gasteiger partial charge in [-0.2, -0.15) is 0 Å². The predicted octanol–water partition coefficient (Wildman–Crippen LogP) is 0.852. The topological polar surface area (TPSA) is 38.4 Å². The second-order valence-electron chi connectivity index (χ2n) is 1.57. The third kappa shape index (κ3) is 1.51. The van der Waals surface area contributed by atoms with Crippen LogP contribution in [0.1, 0.15) is 0 Å². The summed E-state index contributed by atoms with van der Waals surface area (Å²) in [5.41, 5.74) is 5.41. The summed E-state index contributed by atoms with van der Waals surface area (Å²) < 4.78 is 1.15. The number of halogens is 1. The van der Waals surface area contributed by atoms with Crippen molar-refractivity contribution < 1.29 is 0 Å². The molecule has 0 spiro atoms. The van der Waals surface area contributed by atoms with E-state index in [1.165, 1.54) is 0 Å². The first kappa shape index (κ1) is 6.67. The van der Waals surface area contributed by atoms with E-state index in [1.807, 2.05) is 0 Å². The molecule has 0 aromatic heterocycles. The van der Waals surface area contributed by atoms with Crippen LogP contribution in [0.2, 0.25) is 0 Å². The van der Waals surface area contributed by atoms with Gasteiger partial charge in [-0.05, 0) is 0 Å². The first-order valence-electron chi connectivity index (χ1n) is 2.35. The fourth-order valence-electron chi connectivity index (χ4n) is 0.517. The quantitative estimate of drug-likeness (QED) is 0.547. The van der Waals surface area contributed by atoms with Crippen molar-refractivity contribution in [1.82, 2.24) is 0 Å². The van der Waals surface area contributed by atoms with Crippen molar-refractivity contribution in [2.24, 2.45) is 10.7 Å². The van der Waals surface area contributed by atoms with Gasteiger partial charge >= 0.3 is 0 Å². The van der Waals surface area contributed by atoms with Gasteiger partial charge in [0.1, 0.15) is 0 Å². The Labute approximate surface area is 66.4 Å². The zero-order valence-corrected chi connectivity index (χ0v) is 7.28. The van der Waals surface area contributed by atoms with Gasteiger partial charge in [0.2, 0.25) is 0 Å². The average molecular weight is 242 g/mol. The number of hydrogen-bond donors (Lipinski definition) is 1. The first-order valence-corrected chi connectivity index (χ1v) is 4.76. The summed E-state index contributed by atoms with van der Waals surface area (Å²) in [5.74, 6) is 0. The normalized spacial score (nSPS) is 28.1. The van der Waals surface area contributed by atoms with Gasteiger partial charge in [0.05, 0.1) is 6.54 Å². The van der Waals surface area contributed by atoms with E-state index in [1.54, 1.807) is 11.8 Å². The summed E-state index contributed by atoms with van der Waals surface area (Å²) in [6.45, 7) is 0.916. The van der Waals surface area contributed by atoms with Crippen LogP contribution in [-0.2, 0) is 0 Å². The molecule has 2 N–H and O–H groups in total. The van der Waals surface area contributed by atoms with Crippen LogP contribution in [0.4, 0.5) is 0 Å². The van der Waals surface area contributed by atoms with Gasteiger partial charge in [-0.25, -0.2) is 0 Å². The fraction of sp³-hybridized carbons (Fsp3) is 0.750. The van der Waals surface area contributed by atoms with E-state index in [0.717, 1.165) is 16.1 Å². The Kier molecular flexibility index (Phi) is 2.43. The number of aliphatic imine (C=N–C) groups is 1. The lowest BCUT2D eigenvalue weighted by atomic mass is 10.5. The predicted molar refractivity (Wildman–Crippen MR) is 46.8 cm³/mol. The number of thioether (sulfide) groups is 1. The second-order valence-corrected chi connectivity index (χ2v) is 3.77. The molecule has 1 heterocycles. The molecule has 46 valence electrons. The van der Waals surface area contributed by atoms with Gasteiger partial charge in [0.25, 0.3) is 0 Å². The molecular weight excluding hydrogens is 235 g/mol. The van der Waals surface area contributed by atoms with Gasteiger partial charge in [0.15, 0.2) is 5.17 Å². The monoisotopic (exact) mass is 242 g/mol. The van der Waals surface area contributed by atoms with Gasteiger partial charge in [-0.15, -0.1) is 0 Å². The SMILES string of the molecule is NC1=NC[C@@H](CI)S1. The van der Waals surface area contributed by atoms with Crippen molar-refractivity contribution in [1.29, 1.82) is 0 Å². The molecule has 0 fully saturated rings. The highest BCUT2D eigenvalue weighted by molar-refractivity contribution is 14.1. The molecule has 0 amide bonds. The maximum Gasteiger partial charge on any atom is 0.154 e. The highest BCUT2D eigenvalue weighted by Crippen LogP contribution is 2.19. The maximum absolute atomic E-state index is 5.41. The maximum atomic E-state index is 5.41. The molecule has 0 aromatic carbocycles. The Bertz CT molecular complexity index is 115. The zero-order valence-electron chi connectivity index (χ0n) is 4.30. The minimum atomic E-state index is 0.649. The van der Waals surface area contributed by atoms with Crippen molar-refractivity contribution in [3.05, 3.63) is 0 Å². The van der Waals surface area contributed by atoms with Crippen LogP contribution in [0.5, 0.6) is 0 Å². The van der Waals surface area contributed by atoms with E-state index in [2.05, 4.69) is 27.6 Å². The summed E-state index contributed by atoms with van der Waals surface area (Å²) in [6.07, 6.45) is 0. The van der Waals surface area contributed by atoms with E-state index >= 15 is 0 Å². The minimum absolute atomic E-state index is 0.649. The standard InChI is InChI=1S/C4H7IN2S/c5-1-3-2-7-4(6)8-3/h3H,1-2H2,(H2,6,7)/t3-/m1/s1. The molecule has 0 bridgehead atoms. The lowest BCUT2D eigenvalue weighted by molar-refractivity contribution is 0.998. The lowest BCUT2D eigenvalue weighted by Gasteiger charge is -1.97. The Balaban J connectivity index is 2.32. The smallest absolute Gasteiger partial charge is 0.154 e. The molecule has 1 atom stereocenters. The van der Waals surface area contributed by atoms with Gasteiger partial charge < -0.3 is 5.73 Å². The molecule has 1 aliphatic rings. The molecule has 1 rings (SSSR count). The number of hydrogen-bond acceptors (Lipinski definition) is 3. The van der Waals surface area contributed by atoms with Crippen molar-refractivity contribution in [3.63, 3.8) is 0 Å². The summed E-state index contributed by atoms with van der Waals surface area (Å²) >= 11 is 4.04. The third-order valence-electron chi connectivity index (χ3n) is 0.910. The van der Waals surface area contributed by atoms with E-state index < -0.39 is 0 Å². The molecular formula is C4H7IN2S. The van der Waals surface area contributed by atoms with Crippen LogP contribution >= 0.6 is 34.4 Å². The summed E-state index contributed by atoms with van der Waals surface area (Å²) in [7, 11) is 0. The number of rotatable bonds is 1. The van der Waals surface area contributed by atoms with Gasteiger partial charge in [-0.1, -0.05) is 34.4 Å². The number of alkyl halides is 1. The molecule has 0 radical (unpaired) electrons. The van der Waals surface area contributed by atoms with Gasteiger partial charge in [-0.3, -0.25) is 4.99 Å². The highest BCUT2D eigenvalue weighted by Gasteiger charge is 2.14. The van der Waals surface area contributed by atoms with Crippen LogP contribution in [0.15, 0.2) is 4.99 Å². The van der Waals surface area contributed by atoms with Crippen molar-refractivity contribution in [2.75, 3.05) is 11.0 Å². The Morgan fingerprint density at radius 2 is 2.75 bits per heavy atom. The largest absolute Gasteiger partial charge is 0.379 e. The minimum Gasteiger partial charge on any atom is -0.379 e. The third-order valence-corrected chi connectivity index (χ3v) is 3.59. The molecule has 4 heteroatoms. The lowest BCUT2D eigenvalue weighted by Crippen LogP contribution is -2.06. The van der Waals surface area contributed by atoms with Crippen LogP contribution in [-0.4, -0.2) is 21.4 Å². The average Bonchev–Trinajstić information content (AvgIpc) is 2.14. The van der Waals surface area contributed by atoms with E-state index in [4.69, 9.17) is 5.73 Å². The van der Waals surface area contributed by atoms with Crippen LogP contribution in [0.3, 0.4) is 0 Å². The molecule has 0 aliphatic carbocycles. The summed E-state index contributed by atoms with van der Waals surface area (Å²) in [6, 6.07) is 0. The van der Waals surface area contributed by atoms with E-state index in [-0.39, 0.29) is 0 Å². The Morgan fingerprint density at radius 1 is 2.00 bits per heavy atom. The molecule has 0 saturated carbocycles. The molecule has 0 aromatic rings. The second kappa shape index (κ2) is 2.91. The summed E-state index contributed by atoms with van der Waals surface area (Å²) in [5, 5.41) is 1.40. The van der Waals surface area contributed by atoms with E-state index in [0.29, 0.717) is 5.25 Å². The molecule has 1 aliphatic heterocycles. The first-order chi connectivity index (χ1) is 3.83. The van der Waals surface area contributed by atoms with Crippen molar-refractivity contribution in [3.8, 4) is 0 Å². The van der Waals surface area contributed by atoms with Crippen LogP contribution in [0.25, 0.3) is 0 Å². The summed E-state index contributed by atoms with van der Waals surface area (Å²) in [4.78, 5) is 4.04. The van der Waals surface area contributed by atoms with Gasteiger partial charge in [0, 0.05) is 9.68 Å². The highest BCUT2D eigenvalue weighted by atomic mass is 127. The zero-order chi connectivity index (χ0) is 5.98. The molecule has 2 nitrogen and oxygen atoms in total. The Hall–Kier alpha value is 0.550. The van der Waals surface area contributed by atoms with Crippen LogP contribution in [0, 0.1) is 0 Å². The number of amidine groups is 1. The Morgan fingerprint density at radius 3 is 3.00 bits per heavy atom. The molecule has 0 unspecified atom stereocenters. The van der Waals surface area contributed by atoms with Crippen molar-refractivity contribution in [2.45, 2.75) is 5.25 Å². The fourth-order valence-corrected chi connectivity index (χ4v) is 2.04. The van der Waals surface area contributed by atoms with E-state index in [9.17, 15) is 0 Å². The van der Waals surface area contributed by atoms with Crippen molar-refractivity contribution >= 4 is 39.5 Å². The number of nitrogens with two attached hydrogens (primary N) is 1. The molecule has 0 saturated heterocycles.